The van der Waals surface area contributed by atoms with Gasteiger partial charge in [-0.3, -0.25) is 0 Å². The van der Waals surface area contributed by atoms with Gasteiger partial charge in [0.25, 0.3) is 0 Å². The normalized spacial score (nSPS) is 21.2. The lowest BCUT2D eigenvalue weighted by Crippen LogP contribution is -2.47. The molecule has 6 rings (SSSR count). The van der Waals surface area contributed by atoms with Crippen molar-refractivity contribution in [1.82, 2.24) is 30.6 Å². The molecule has 196 valence electrons. The maximum atomic E-state index is 12.7. The van der Waals surface area contributed by atoms with E-state index in [4.69, 9.17) is 9.68 Å². The number of nitrogens with one attached hydrogen (secondary N) is 3. The van der Waals surface area contributed by atoms with E-state index in [0.29, 0.717) is 5.88 Å². The first kappa shape index (κ1) is 24.1. The van der Waals surface area contributed by atoms with Crippen LogP contribution in [0.4, 0.5) is 4.79 Å². The average Bonchev–Trinajstić information content (AvgIpc) is 3.46. The minimum Gasteiger partial charge on any atom is -0.393 e. The largest absolute Gasteiger partial charge is 0.414 e. The summed E-state index contributed by atoms with van der Waals surface area (Å²) in [6.07, 6.45) is 14.7. The number of aromatic nitrogens is 1. The third-order valence-corrected chi connectivity index (χ3v) is 7.80. The first-order valence-corrected chi connectivity index (χ1v) is 13.6. The maximum absolute atomic E-state index is 12.7. The Morgan fingerprint density at radius 3 is 2.65 bits per heavy atom. The number of hydrogen-bond donors (Lipinski definition) is 3. The van der Waals surface area contributed by atoms with Gasteiger partial charge in [-0.15, -0.1) is 0 Å². The number of piperidine rings is 1. The highest BCUT2D eigenvalue weighted by molar-refractivity contribution is 5.96. The Hall–Kier alpha value is -3.27. The summed E-state index contributed by atoms with van der Waals surface area (Å²) in [5.41, 5.74) is 6.70. The predicted molar refractivity (Wildman–Crippen MR) is 143 cm³/mol. The first-order valence-electron chi connectivity index (χ1n) is 13.6. The number of rotatable bonds is 6. The van der Waals surface area contributed by atoms with Gasteiger partial charge >= 0.3 is 6.09 Å². The molecule has 2 aromatic rings. The summed E-state index contributed by atoms with van der Waals surface area (Å²) in [7, 11) is 0. The lowest BCUT2D eigenvalue weighted by atomic mass is 9.99. The van der Waals surface area contributed by atoms with Gasteiger partial charge in [-0.1, -0.05) is 25.0 Å². The minimum atomic E-state index is -0.400. The van der Waals surface area contributed by atoms with Crippen molar-refractivity contribution in [3.63, 3.8) is 0 Å². The molecule has 0 spiro atoms. The molecule has 1 aromatic heterocycles. The minimum absolute atomic E-state index is 0.151. The van der Waals surface area contributed by atoms with Crippen LogP contribution in [-0.2, 0) is 4.94 Å². The van der Waals surface area contributed by atoms with Crippen LogP contribution in [0, 0.1) is 0 Å². The van der Waals surface area contributed by atoms with Crippen molar-refractivity contribution < 1.29 is 14.5 Å². The van der Waals surface area contributed by atoms with Crippen molar-refractivity contribution >= 4 is 22.6 Å². The lowest BCUT2D eigenvalue weighted by molar-refractivity contribution is -0.112. The van der Waals surface area contributed by atoms with Gasteiger partial charge in [0, 0.05) is 55.4 Å². The van der Waals surface area contributed by atoms with Gasteiger partial charge in [0.15, 0.2) is 0 Å². The van der Waals surface area contributed by atoms with Gasteiger partial charge in [0.2, 0.25) is 5.88 Å². The standard InChI is InChI=1S/C28H36N6O3/c35-28(30-22-9-13-33(14-10-22)17-16-32-11-3-1-2-4-12-32)36-27-19-25-24(6-5-7-26(25)31-27)21-8-15-34-23(18-21)20-29-37-34/h5-8,15,18-20,22,29,31H,1-4,9-14,16-17H2,(H,30,35). The van der Waals surface area contributed by atoms with E-state index >= 15 is 0 Å². The molecule has 9 heteroatoms. The van der Waals surface area contributed by atoms with Crippen molar-refractivity contribution in [1.29, 1.82) is 0 Å². The van der Waals surface area contributed by atoms with Crippen LogP contribution < -0.4 is 15.5 Å². The summed E-state index contributed by atoms with van der Waals surface area (Å²) in [6, 6.07) is 8.10. The van der Waals surface area contributed by atoms with Crippen LogP contribution in [0.3, 0.4) is 0 Å². The monoisotopic (exact) mass is 504 g/mol. The summed E-state index contributed by atoms with van der Waals surface area (Å²) < 4.78 is 5.67. The number of carbonyl (C=O) groups excluding carboxylic acids is 1. The van der Waals surface area contributed by atoms with E-state index in [1.54, 1.807) is 11.3 Å². The number of benzene rings is 1. The van der Waals surface area contributed by atoms with Crippen molar-refractivity contribution in [3.8, 4) is 5.88 Å². The number of fused-ring (bicyclic) bond motifs is 2. The highest BCUT2D eigenvalue weighted by Crippen LogP contribution is 2.33. The third-order valence-electron chi connectivity index (χ3n) is 7.80. The molecule has 1 amide bonds. The van der Waals surface area contributed by atoms with E-state index in [1.165, 1.54) is 38.8 Å². The molecule has 0 unspecified atom stereocenters. The van der Waals surface area contributed by atoms with E-state index < -0.39 is 6.09 Å². The SMILES string of the molecule is O=C(NC1CCN(CCN2CCCCCC2)CC1)Oc1cc2c(C3=CC4=CNON4C=C3)cccc2[nH]1. The second-order valence-corrected chi connectivity index (χ2v) is 10.3. The number of aromatic amines is 1. The number of nitrogens with zero attached hydrogens (tertiary/aromatic N) is 3. The number of likely N-dealkylation sites (tertiary alicyclic amines) is 2. The van der Waals surface area contributed by atoms with Gasteiger partial charge in [0.1, 0.15) is 0 Å². The maximum Gasteiger partial charge on any atom is 0.414 e. The second-order valence-electron chi connectivity index (χ2n) is 10.3. The Morgan fingerprint density at radius 1 is 1.05 bits per heavy atom. The molecule has 1 aromatic carbocycles. The zero-order chi connectivity index (χ0) is 25.0. The predicted octanol–water partition coefficient (Wildman–Crippen LogP) is 4.10. The smallest absolute Gasteiger partial charge is 0.393 e. The van der Waals surface area contributed by atoms with Crippen LogP contribution in [0.15, 0.2) is 54.5 Å². The molecule has 4 aliphatic heterocycles. The highest BCUT2D eigenvalue weighted by Gasteiger charge is 2.23. The molecule has 2 fully saturated rings. The molecule has 0 radical (unpaired) electrons. The molecular formula is C28H36N6O3. The molecule has 3 N–H and O–H groups in total. The number of amides is 1. The topological polar surface area (TPSA) is 85.1 Å². The van der Waals surface area contributed by atoms with Gasteiger partial charge < -0.3 is 24.8 Å². The molecule has 0 saturated carbocycles. The summed E-state index contributed by atoms with van der Waals surface area (Å²) in [5.74, 6) is 0.446. The van der Waals surface area contributed by atoms with E-state index in [9.17, 15) is 4.79 Å². The first-order chi connectivity index (χ1) is 18.2. The lowest BCUT2D eigenvalue weighted by Gasteiger charge is -2.33. The fraction of sp³-hybridized carbons (Fsp3) is 0.464. The molecule has 5 heterocycles. The molecule has 9 nitrogen and oxygen atoms in total. The van der Waals surface area contributed by atoms with Crippen LogP contribution in [0.25, 0.3) is 16.5 Å². The fourth-order valence-electron chi connectivity index (χ4n) is 5.68. The van der Waals surface area contributed by atoms with Gasteiger partial charge in [-0.2, -0.15) is 4.94 Å². The van der Waals surface area contributed by atoms with E-state index in [-0.39, 0.29) is 6.04 Å². The number of hydrogen-bond acceptors (Lipinski definition) is 7. The zero-order valence-electron chi connectivity index (χ0n) is 21.2. The summed E-state index contributed by atoms with van der Waals surface area (Å²) >= 11 is 0. The van der Waals surface area contributed by atoms with E-state index in [1.807, 2.05) is 30.5 Å². The zero-order valence-corrected chi connectivity index (χ0v) is 21.2. The van der Waals surface area contributed by atoms with Crippen molar-refractivity contribution in [2.75, 3.05) is 39.3 Å². The Morgan fingerprint density at radius 2 is 1.84 bits per heavy atom. The number of ether oxygens (including phenoxy) is 1. The third kappa shape index (κ3) is 5.69. The number of carbonyl (C=O) groups is 1. The Bertz CT molecular complexity index is 1200. The van der Waals surface area contributed by atoms with Gasteiger partial charge in [-0.25, -0.2) is 15.3 Å². The molecular weight excluding hydrogens is 468 g/mol. The van der Waals surface area contributed by atoms with Crippen LogP contribution in [0.1, 0.15) is 44.1 Å². The summed E-state index contributed by atoms with van der Waals surface area (Å²) in [4.78, 5) is 26.3. The number of H-pyrrole nitrogens is 1. The van der Waals surface area contributed by atoms with Gasteiger partial charge in [-0.05, 0) is 68.1 Å². The van der Waals surface area contributed by atoms with Crippen molar-refractivity contribution in [3.05, 3.63) is 60.1 Å². The Kier molecular flexibility index (Phi) is 7.16. The summed E-state index contributed by atoms with van der Waals surface area (Å²) in [6.45, 7) is 6.82. The number of hydroxylamine groups is 3. The van der Waals surface area contributed by atoms with Crippen molar-refractivity contribution in [2.24, 2.45) is 0 Å². The summed E-state index contributed by atoms with van der Waals surface area (Å²) in [5, 5.41) is 5.74. The molecule has 0 aliphatic carbocycles. The van der Waals surface area contributed by atoms with Crippen LogP contribution in [-0.4, -0.2) is 71.3 Å². The highest BCUT2D eigenvalue weighted by atomic mass is 16.8. The molecule has 4 aliphatic rings. The van der Waals surface area contributed by atoms with Crippen LogP contribution in [0.5, 0.6) is 5.88 Å². The molecule has 0 atom stereocenters. The fourth-order valence-corrected chi connectivity index (χ4v) is 5.68. The second kappa shape index (κ2) is 11.0. The van der Waals surface area contributed by atoms with E-state index in [0.717, 1.165) is 66.8 Å². The van der Waals surface area contributed by atoms with Crippen LogP contribution >= 0.6 is 0 Å². The van der Waals surface area contributed by atoms with Gasteiger partial charge in [0.05, 0.1) is 11.9 Å². The Balaban J connectivity index is 1.01. The quantitative estimate of drug-likeness (QED) is 0.546. The Labute approximate surface area is 217 Å². The van der Waals surface area contributed by atoms with E-state index in [2.05, 4.69) is 37.7 Å². The van der Waals surface area contributed by atoms with Crippen LogP contribution in [0.2, 0.25) is 0 Å². The van der Waals surface area contributed by atoms with Crippen molar-refractivity contribution in [2.45, 2.75) is 44.6 Å². The average molecular weight is 505 g/mol. The number of allylic oxidation sites excluding steroid dienone is 3. The molecule has 2 saturated heterocycles. The molecule has 37 heavy (non-hydrogen) atoms. The molecule has 0 bridgehead atoms.